The second-order valence-corrected chi connectivity index (χ2v) is 11.1. The highest BCUT2D eigenvalue weighted by molar-refractivity contribution is 7.89. The molecule has 1 aromatic heterocycles. The second kappa shape index (κ2) is 8.63. The summed E-state index contributed by atoms with van der Waals surface area (Å²) < 4.78 is 30.6. The van der Waals surface area contributed by atoms with Crippen LogP contribution in [0.1, 0.15) is 59.6 Å². The fourth-order valence-corrected chi connectivity index (χ4v) is 4.64. The van der Waals surface area contributed by atoms with Gasteiger partial charge in [0.15, 0.2) is 0 Å². The Morgan fingerprint density at radius 3 is 2.29 bits per heavy atom. The molecule has 2 atom stereocenters. The Labute approximate surface area is 186 Å². The lowest BCUT2D eigenvalue weighted by atomic mass is 9.88. The summed E-state index contributed by atoms with van der Waals surface area (Å²) in [6.45, 7) is 14.5. The summed E-state index contributed by atoms with van der Waals surface area (Å²) in [7, 11) is -3.61. The third-order valence-electron chi connectivity index (χ3n) is 5.89. The lowest BCUT2D eigenvalue weighted by Crippen LogP contribution is -2.32. The summed E-state index contributed by atoms with van der Waals surface area (Å²) >= 11 is 0. The Bertz CT molecular complexity index is 1160. The number of fused-ring (bicyclic) bond motifs is 1. The zero-order chi connectivity index (χ0) is 23.0. The lowest BCUT2D eigenvalue weighted by molar-refractivity contribution is 0.270. The number of aromatic nitrogens is 2. The maximum Gasteiger partial charge on any atom is 0.240 e. The Kier molecular flexibility index (Phi) is 6.48. The first-order valence-electron chi connectivity index (χ1n) is 10.8. The largest absolute Gasteiger partial charge is 0.326 e. The van der Waals surface area contributed by atoms with Gasteiger partial charge in [0.2, 0.25) is 16.0 Å². The average Bonchev–Trinajstić information content (AvgIpc) is 3.04. The minimum Gasteiger partial charge on any atom is -0.326 e. The molecule has 0 aliphatic carbocycles. The van der Waals surface area contributed by atoms with Gasteiger partial charge in [-0.3, -0.25) is 0 Å². The van der Waals surface area contributed by atoms with Crippen molar-refractivity contribution in [1.29, 1.82) is 0 Å². The van der Waals surface area contributed by atoms with Gasteiger partial charge in [0.05, 0.1) is 15.9 Å². The number of aryl methyl sites for hydroxylation is 1. The zero-order valence-corrected chi connectivity index (χ0v) is 20.3. The van der Waals surface area contributed by atoms with E-state index >= 15 is 0 Å². The average molecular weight is 443 g/mol. The van der Waals surface area contributed by atoms with Crippen molar-refractivity contribution >= 4 is 32.7 Å². The van der Waals surface area contributed by atoms with Crippen LogP contribution in [-0.2, 0) is 10.0 Å². The molecule has 0 aliphatic rings. The van der Waals surface area contributed by atoms with Gasteiger partial charge in [-0.1, -0.05) is 45.4 Å². The van der Waals surface area contributed by atoms with Crippen LogP contribution >= 0.6 is 0 Å². The standard InChI is InChI=1S/C24H34N4O2S/c1-8-17(3)27-31(29,30)20-13-14-21-22(15-20)28(18(4)24(5,6)7)23(26-21)25-19-11-9-16(2)10-12-19/h9-15,17-18,27H,8H2,1-7H3,(H,25,26)/t17?,18-/m1/s1. The predicted octanol–water partition coefficient (Wildman–Crippen LogP) is 5.77. The molecular formula is C24H34N4O2S. The van der Waals surface area contributed by atoms with Crippen molar-refractivity contribution in [1.82, 2.24) is 14.3 Å². The molecule has 2 aromatic carbocycles. The van der Waals surface area contributed by atoms with Gasteiger partial charge in [0, 0.05) is 17.8 Å². The molecule has 0 saturated heterocycles. The smallest absolute Gasteiger partial charge is 0.240 e. The Balaban J connectivity index is 2.15. The van der Waals surface area contributed by atoms with E-state index in [4.69, 9.17) is 4.98 Å². The fraction of sp³-hybridized carbons (Fsp3) is 0.458. The molecule has 1 unspecified atom stereocenters. The van der Waals surface area contributed by atoms with E-state index in [2.05, 4.69) is 49.2 Å². The van der Waals surface area contributed by atoms with E-state index in [9.17, 15) is 8.42 Å². The van der Waals surface area contributed by atoms with Crippen LogP contribution in [0.2, 0.25) is 0 Å². The van der Waals surface area contributed by atoms with Crippen molar-refractivity contribution in [2.75, 3.05) is 5.32 Å². The molecule has 6 nitrogen and oxygen atoms in total. The molecule has 2 N–H and O–H groups in total. The molecule has 0 radical (unpaired) electrons. The highest BCUT2D eigenvalue weighted by atomic mass is 32.2. The van der Waals surface area contributed by atoms with Crippen LogP contribution in [0.15, 0.2) is 47.4 Å². The first kappa shape index (κ1) is 23.3. The molecule has 3 aromatic rings. The molecule has 0 fully saturated rings. The summed E-state index contributed by atoms with van der Waals surface area (Å²) in [5.74, 6) is 0.700. The fourth-order valence-electron chi connectivity index (χ4n) is 3.29. The van der Waals surface area contributed by atoms with Crippen molar-refractivity contribution in [2.24, 2.45) is 5.41 Å². The number of nitrogens with zero attached hydrogens (tertiary/aromatic N) is 2. The van der Waals surface area contributed by atoms with Gasteiger partial charge >= 0.3 is 0 Å². The van der Waals surface area contributed by atoms with E-state index in [0.29, 0.717) is 5.95 Å². The van der Waals surface area contributed by atoms with Gasteiger partial charge in [0.25, 0.3) is 0 Å². The normalized spacial score (nSPS) is 14.5. The molecule has 0 spiro atoms. The van der Waals surface area contributed by atoms with E-state index in [-0.39, 0.29) is 22.4 Å². The first-order valence-corrected chi connectivity index (χ1v) is 12.3. The van der Waals surface area contributed by atoms with Gasteiger partial charge in [-0.05, 0) is 62.9 Å². The van der Waals surface area contributed by atoms with Gasteiger partial charge in [-0.2, -0.15) is 0 Å². The Morgan fingerprint density at radius 2 is 1.71 bits per heavy atom. The molecule has 3 rings (SSSR count). The highest BCUT2D eigenvalue weighted by Crippen LogP contribution is 2.37. The number of anilines is 2. The molecule has 0 amide bonds. The van der Waals surface area contributed by atoms with Crippen LogP contribution < -0.4 is 10.0 Å². The van der Waals surface area contributed by atoms with Crippen LogP contribution in [0.3, 0.4) is 0 Å². The second-order valence-electron chi connectivity index (χ2n) is 9.42. The van der Waals surface area contributed by atoms with Crippen LogP contribution in [0, 0.1) is 12.3 Å². The van der Waals surface area contributed by atoms with Crippen molar-refractivity contribution in [3.05, 3.63) is 48.0 Å². The minimum absolute atomic E-state index is 0.0544. The van der Waals surface area contributed by atoms with Crippen molar-refractivity contribution < 1.29 is 8.42 Å². The maximum atomic E-state index is 12.9. The van der Waals surface area contributed by atoms with Gasteiger partial charge < -0.3 is 9.88 Å². The summed E-state index contributed by atoms with van der Waals surface area (Å²) in [5, 5.41) is 3.43. The number of hydrogen-bond donors (Lipinski definition) is 2. The number of imidazole rings is 1. The van der Waals surface area contributed by atoms with Crippen LogP contribution in [0.4, 0.5) is 11.6 Å². The van der Waals surface area contributed by atoms with E-state index in [1.54, 1.807) is 18.2 Å². The number of nitrogens with one attached hydrogen (secondary N) is 2. The maximum absolute atomic E-state index is 12.9. The van der Waals surface area contributed by atoms with Crippen molar-refractivity contribution in [3.8, 4) is 0 Å². The topological polar surface area (TPSA) is 76.0 Å². The summed E-state index contributed by atoms with van der Waals surface area (Å²) in [5.41, 5.74) is 3.62. The number of sulfonamides is 1. The van der Waals surface area contributed by atoms with Crippen molar-refractivity contribution in [2.45, 2.75) is 71.9 Å². The van der Waals surface area contributed by atoms with E-state index in [0.717, 1.165) is 23.1 Å². The van der Waals surface area contributed by atoms with Crippen LogP contribution in [0.25, 0.3) is 11.0 Å². The van der Waals surface area contributed by atoms with Crippen molar-refractivity contribution in [3.63, 3.8) is 0 Å². The molecule has 0 aliphatic heterocycles. The third kappa shape index (κ3) is 5.10. The van der Waals surface area contributed by atoms with Gasteiger partial charge in [0.1, 0.15) is 0 Å². The molecule has 31 heavy (non-hydrogen) atoms. The molecule has 1 heterocycles. The van der Waals surface area contributed by atoms with Crippen LogP contribution in [0.5, 0.6) is 0 Å². The van der Waals surface area contributed by atoms with Gasteiger partial charge in [-0.15, -0.1) is 0 Å². The SMILES string of the molecule is CCC(C)NS(=O)(=O)c1ccc2nc(Nc3ccc(C)cc3)n([C@H](C)C(C)(C)C)c2c1. The molecule has 0 bridgehead atoms. The summed E-state index contributed by atoms with van der Waals surface area (Å²) in [4.78, 5) is 5.06. The Hall–Kier alpha value is -2.38. The third-order valence-corrected chi connectivity index (χ3v) is 7.48. The summed E-state index contributed by atoms with van der Waals surface area (Å²) in [6.07, 6.45) is 0.727. The monoisotopic (exact) mass is 442 g/mol. The van der Waals surface area contributed by atoms with E-state index in [1.165, 1.54) is 5.56 Å². The zero-order valence-electron chi connectivity index (χ0n) is 19.5. The minimum atomic E-state index is -3.61. The van der Waals surface area contributed by atoms with Crippen LogP contribution in [-0.4, -0.2) is 24.0 Å². The summed E-state index contributed by atoms with van der Waals surface area (Å²) in [6, 6.07) is 13.2. The number of benzene rings is 2. The molecule has 7 heteroatoms. The highest BCUT2D eigenvalue weighted by Gasteiger charge is 2.27. The van der Waals surface area contributed by atoms with Gasteiger partial charge in [-0.25, -0.2) is 18.1 Å². The first-order chi connectivity index (χ1) is 14.4. The lowest BCUT2D eigenvalue weighted by Gasteiger charge is -2.30. The molecular weight excluding hydrogens is 408 g/mol. The van der Waals surface area contributed by atoms with E-state index in [1.807, 2.05) is 38.1 Å². The molecule has 168 valence electrons. The number of rotatable bonds is 7. The van der Waals surface area contributed by atoms with E-state index < -0.39 is 10.0 Å². The quantitative estimate of drug-likeness (QED) is 0.487. The predicted molar refractivity (Wildman–Crippen MR) is 128 cm³/mol. The molecule has 0 saturated carbocycles. The Morgan fingerprint density at radius 1 is 1.06 bits per heavy atom. The number of hydrogen-bond acceptors (Lipinski definition) is 4.